The number of carbonyl (C=O) groups excluding carboxylic acids is 1. The molecule has 17 heavy (non-hydrogen) atoms. The largest absolute Gasteiger partial charge is 0.508 e. The first-order valence-corrected chi connectivity index (χ1v) is 6.16. The molecule has 1 atom stereocenters. The number of carbonyl (C=O) groups is 1. The molecule has 0 fully saturated rings. The SMILES string of the molecule is CCCCC(OC(=O)OCC)c1ccccc1. The molecule has 94 valence electrons. The highest BCUT2D eigenvalue weighted by molar-refractivity contribution is 5.60. The van der Waals surface area contributed by atoms with Gasteiger partial charge in [-0.25, -0.2) is 4.79 Å². The highest BCUT2D eigenvalue weighted by atomic mass is 16.7. The minimum atomic E-state index is -0.586. The van der Waals surface area contributed by atoms with Gasteiger partial charge < -0.3 is 9.47 Å². The van der Waals surface area contributed by atoms with E-state index in [9.17, 15) is 4.79 Å². The smallest absolute Gasteiger partial charge is 0.435 e. The highest BCUT2D eigenvalue weighted by Crippen LogP contribution is 2.23. The van der Waals surface area contributed by atoms with Gasteiger partial charge in [-0.05, 0) is 25.3 Å². The van der Waals surface area contributed by atoms with Crippen molar-refractivity contribution >= 4 is 6.16 Å². The molecular formula is C14H20O3. The summed E-state index contributed by atoms with van der Waals surface area (Å²) >= 11 is 0. The van der Waals surface area contributed by atoms with Gasteiger partial charge in [0.05, 0.1) is 6.61 Å². The van der Waals surface area contributed by atoms with Crippen LogP contribution in [0.15, 0.2) is 30.3 Å². The molecule has 3 nitrogen and oxygen atoms in total. The van der Waals surface area contributed by atoms with Gasteiger partial charge in [0, 0.05) is 0 Å². The zero-order chi connectivity index (χ0) is 12.5. The van der Waals surface area contributed by atoms with Crippen LogP contribution in [0.25, 0.3) is 0 Å². The molecule has 0 bridgehead atoms. The summed E-state index contributed by atoms with van der Waals surface area (Å²) < 4.78 is 10.1. The maximum absolute atomic E-state index is 11.3. The third kappa shape index (κ3) is 4.89. The number of benzene rings is 1. The molecular weight excluding hydrogens is 216 g/mol. The third-order valence-electron chi connectivity index (χ3n) is 2.49. The van der Waals surface area contributed by atoms with Gasteiger partial charge in [0.15, 0.2) is 0 Å². The molecule has 0 saturated heterocycles. The molecule has 0 aliphatic carbocycles. The molecule has 1 aromatic carbocycles. The van der Waals surface area contributed by atoms with Crippen molar-refractivity contribution in [3.05, 3.63) is 35.9 Å². The van der Waals surface area contributed by atoms with Crippen molar-refractivity contribution in [2.24, 2.45) is 0 Å². The second kappa shape index (κ2) is 7.71. The van der Waals surface area contributed by atoms with Crippen LogP contribution in [-0.4, -0.2) is 12.8 Å². The molecule has 0 heterocycles. The van der Waals surface area contributed by atoms with E-state index in [1.807, 2.05) is 30.3 Å². The molecule has 1 rings (SSSR count). The number of hydrogen-bond donors (Lipinski definition) is 0. The normalized spacial score (nSPS) is 11.9. The van der Waals surface area contributed by atoms with Crippen molar-refractivity contribution < 1.29 is 14.3 Å². The number of rotatable bonds is 6. The number of unbranched alkanes of at least 4 members (excludes halogenated alkanes) is 1. The summed E-state index contributed by atoms with van der Waals surface area (Å²) in [6.45, 7) is 4.23. The number of ether oxygens (including phenoxy) is 2. The molecule has 3 heteroatoms. The van der Waals surface area contributed by atoms with E-state index in [1.54, 1.807) is 6.92 Å². The molecule has 1 unspecified atom stereocenters. The minimum absolute atomic E-state index is 0.199. The second-order valence-electron chi connectivity index (χ2n) is 3.84. The fourth-order valence-corrected chi connectivity index (χ4v) is 1.62. The van der Waals surface area contributed by atoms with Crippen molar-refractivity contribution in [2.75, 3.05) is 6.61 Å². The van der Waals surface area contributed by atoms with Gasteiger partial charge in [-0.3, -0.25) is 0 Å². The molecule has 0 saturated carbocycles. The van der Waals surface area contributed by atoms with E-state index in [-0.39, 0.29) is 6.10 Å². The van der Waals surface area contributed by atoms with Gasteiger partial charge in [0.2, 0.25) is 0 Å². The molecule has 0 N–H and O–H groups in total. The highest BCUT2D eigenvalue weighted by Gasteiger charge is 2.16. The maximum Gasteiger partial charge on any atom is 0.508 e. The van der Waals surface area contributed by atoms with Gasteiger partial charge in [-0.2, -0.15) is 0 Å². The molecule has 0 aliphatic rings. The van der Waals surface area contributed by atoms with Gasteiger partial charge in [0.25, 0.3) is 0 Å². The molecule has 0 aromatic heterocycles. The Morgan fingerprint density at radius 3 is 2.53 bits per heavy atom. The Labute approximate surface area is 103 Å². The van der Waals surface area contributed by atoms with Gasteiger partial charge in [0.1, 0.15) is 6.10 Å². The maximum atomic E-state index is 11.3. The molecule has 0 amide bonds. The monoisotopic (exact) mass is 236 g/mol. The lowest BCUT2D eigenvalue weighted by atomic mass is 10.0. The Balaban J connectivity index is 2.63. The van der Waals surface area contributed by atoms with E-state index in [4.69, 9.17) is 9.47 Å². The Kier molecular flexibility index (Phi) is 6.15. The number of hydrogen-bond acceptors (Lipinski definition) is 3. The third-order valence-corrected chi connectivity index (χ3v) is 2.49. The second-order valence-corrected chi connectivity index (χ2v) is 3.84. The van der Waals surface area contributed by atoms with Gasteiger partial charge in [-0.1, -0.05) is 43.7 Å². The summed E-state index contributed by atoms with van der Waals surface area (Å²) in [5.41, 5.74) is 1.02. The summed E-state index contributed by atoms with van der Waals surface area (Å²) in [6, 6.07) is 9.79. The lowest BCUT2D eigenvalue weighted by Crippen LogP contribution is -2.13. The average Bonchev–Trinajstić information content (AvgIpc) is 2.36. The zero-order valence-corrected chi connectivity index (χ0v) is 10.5. The van der Waals surface area contributed by atoms with Crippen molar-refractivity contribution in [3.8, 4) is 0 Å². The topological polar surface area (TPSA) is 35.5 Å². The Hall–Kier alpha value is -1.51. The van der Waals surface area contributed by atoms with Crippen LogP contribution in [0.3, 0.4) is 0 Å². The fraction of sp³-hybridized carbons (Fsp3) is 0.500. The predicted molar refractivity (Wildman–Crippen MR) is 66.8 cm³/mol. The van der Waals surface area contributed by atoms with E-state index in [0.29, 0.717) is 6.61 Å². The van der Waals surface area contributed by atoms with Crippen molar-refractivity contribution in [1.82, 2.24) is 0 Å². The summed E-state index contributed by atoms with van der Waals surface area (Å²) in [5.74, 6) is 0. The van der Waals surface area contributed by atoms with Crippen LogP contribution in [0.5, 0.6) is 0 Å². The summed E-state index contributed by atoms with van der Waals surface area (Å²) in [6.07, 6.45) is 2.15. The molecule has 0 aliphatic heterocycles. The standard InChI is InChI=1S/C14H20O3/c1-3-5-11-13(17-14(15)16-4-2)12-9-7-6-8-10-12/h6-10,13H,3-5,11H2,1-2H3. The first kappa shape index (κ1) is 13.6. The van der Waals surface area contributed by atoms with E-state index >= 15 is 0 Å². The predicted octanol–water partition coefficient (Wildman–Crippen LogP) is 4.09. The fourth-order valence-electron chi connectivity index (χ4n) is 1.62. The first-order valence-electron chi connectivity index (χ1n) is 6.16. The Morgan fingerprint density at radius 1 is 1.24 bits per heavy atom. The van der Waals surface area contributed by atoms with Gasteiger partial charge >= 0.3 is 6.16 Å². The minimum Gasteiger partial charge on any atom is -0.435 e. The zero-order valence-electron chi connectivity index (χ0n) is 10.5. The van der Waals surface area contributed by atoms with E-state index < -0.39 is 6.16 Å². The first-order chi connectivity index (χ1) is 8.27. The summed E-state index contributed by atoms with van der Waals surface area (Å²) in [4.78, 5) is 11.3. The van der Waals surface area contributed by atoms with Crippen LogP contribution in [0.4, 0.5) is 4.79 Å². The van der Waals surface area contributed by atoms with E-state index in [1.165, 1.54) is 0 Å². The van der Waals surface area contributed by atoms with Crippen LogP contribution < -0.4 is 0 Å². The Bertz CT molecular complexity index is 321. The van der Waals surface area contributed by atoms with E-state index in [0.717, 1.165) is 24.8 Å². The van der Waals surface area contributed by atoms with Crippen LogP contribution in [-0.2, 0) is 9.47 Å². The van der Waals surface area contributed by atoms with Crippen molar-refractivity contribution in [1.29, 1.82) is 0 Å². The molecule has 0 radical (unpaired) electrons. The lowest BCUT2D eigenvalue weighted by Gasteiger charge is -2.17. The van der Waals surface area contributed by atoms with Gasteiger partial charge in [-0.15, -0.1) is 0 Å². The average molecular weight is 236 g/mol. The van der Waals surface area contributed by atoms with E-state index in [2.05, 4.69) is 6.92 Å². The Morgan fingerprint density at radius 2 is 1.94 bits per heavy atom. The summed E-state index contributed by atoms with van der Waals surface area (Å²) in [7, 11) is 0. The van der Waals surface area contributed by atoms with Crippen LogP contribution >= 0.6 is 0 Å². The van der Waals surface area contributed by atoms with Crippen LogP contribution in [0.2, 0.25) is 0 Å². The molecule has 1 aromatic rings. The quantitative estimate of drug-likeness (QED) is 0.698. The van der Waals surface area contributed by atoms with Crippen molar-refractivity contribution in [2.45, 2.75) is 39.2 Å². The van der Waals surface area contributed by atoms with Crippen LogP contribution in [0.1, 0.15) is 44.8 Å². The lowest BCUT2D eigenvalue weighted by molar-refractivity contribution is 0.0220. The summed E-state index contributed by atoms with van der Waals surface area (Å²) in [5, 5.41) is 0. The van der Waals surface area contributed by atoms with Crippen LogP contribution in [0, 0.1) is 0 Å². The molecule has 0 spiro atoms. The van der Waals surface area contributed by atoms with Crippen molar-refractivity contribution in [3.63, 3.8) is 0 Å².